The fourth-order valence-electron chi connectivity index (χ4n) is 4.67. The predicted molar refractivity (Wildman–Crippen MR) is 118 cm³/mol. The zero-order valence-corrected chi connectivity index (χ0v) is 18.4. The molecule has 1 aromatic rings. The maximum absolute atomic E-state index is 12.9. The van der Waals surface area contributed by atoms with Crippen molar-refractivity contribution in [3.63, 3.8) is 0 Å². The number of carbonyl (C=O) groups excluding carboxylic acids is 2. The number of benzene rings is 1. The van der Waals surface area contributed by atoms with Gasteiger partial charge in [-0.05, 0) is 56.6 Å². The number of halogens is 1. The van der Waals surface area contributed by atoms with E-state index in [0.29, 0.717) is 49.4 Å². The van der Waals surface area contributed by atoms with Crippen LogP contribution < -0.4 is 5.32 Å². The highest BCUT2D eigenvalue weighted by molar-refractivity contribution is 6.31. The summed E-state index contributed by atoms with van der Waals surface area (Å²) in [6.45, 7) is 3.20. The van der Waals surface area contributed by atoms with Crippen LogP contribution in [0, 0.1) is 27.9 Å². The number of nitro groups is 1. The molecule has 2 amide bonds. The van der Waals surface area contributed by atoms with Crippen molar-refractivity contribution < 1.29 is 14.5 Å². The average molecular weight is 449 g/mol. The molecule has 1 saturated heterocycles. The Balaban J connectivity index is 1.22. The summed E-state index contributed by atoms with van der Waals surface area (Å²) < 4.78 is 0. The summed E-state index contributed by atoms with van der Waals surface area (Å²) in [7, 11) is 0. The van der Waals surface area contributed by atoms with Gasteiger partial charge in [0, 0.05) is 55.6 Å². The van der Waals surface area contributed by atoms with Gasteiger partial charge in [0.1, 0.15) is 5.69 Å². The van der Waals surface area contributed by atoms with E-state index in [-0.39, 0.29) is 29.3 Å². The van der Waals surface area contributed by atoms with Crippen LogP contribution in [0.5, 0.6) is 0 Å². The van der Waals surface area contributed by atoms with Gasteiger partial charge in [-0.15, -0.1) is 0 Å². The van der Waals surface area contributed by atoms with Gasteiger partial charge in [0.2, 0.25) is 11.8 Å². The number of piperazine rings is 1. The van der Waals surface area contributed by atoms with Crippen molar-refractivity contribution in [2.75, 3.05) is 38.0 Å². The topological polar surface area (TPSA) is 95.8 Å². The van der Waals surface area contributed by atoms with E-state index in [9.17, 15) is 19.7 Å². The molecule has 2 saturated carbocycles. The number of nitrogens with zero attached hydrogens (tertiary/aromatic N) is 3. The van der Waals surface area contributed by atoms with Crippen molar-refractivity contribution >= 4 is 34.8 Å². The molecule has 3 fully saturated rings. The van der Waals surface area contributed by atoms with E-state index in [1.807, 2.05) is 9.80 Å². The Morgan fingerprint density at radius 2 is 1.48 bits per heavy atom. The average Bonchev–Trinajstić information content (AvgIpc) is 3.62. The molecule has 1 aliphatic heterocycles. The van der Waals surface area contributed by atoms with E-state index >= 15 is 0 Å². The molecule has 0 unspecified atom stereocenters. The van der Waals surface area contributed by atoms with Crippen LogP contribution in [0.4, 0.5) is 11.4 Å². The van der Waals surface area contributed by atoms with Crippen LogP contribution in [0.3, 0.4) is 0 Å². The van der Waals surface area contributed by atoms with Gasteiger partial charge in [0.25, 0.3) is 5.69 Å². The lowest BCUT2D eigenvalue weighted by atomic mass is 9.81. The van der Waals surface area contributed by atoms with Gasteiger partial charge >= 0.3 is 0 Å². The van der Waals surface area contributed by atoms with Gasteiger partial charge in [-0.3, -0.25) is 19.7 Å². The number of carbonyl (C=O) groups is 2. The van der Waals surface area contributed by atoms with Crippen LogP contribution in [0.1, 0.15) is 38.5 Å². The molecule has 3 aliphatic rings. The fraction of sp³-hybridized carbons (Fsp3) is 0.636. The normalized spacial score (nSPS) is 24.0. The van der Waals surface area contributed by atoms with E-state index in [0.717, 1.165) is 38.5 Å². The molecule has 0 aromatic heterocycles. The molecule has 1 aromatic carbocycles. The zero-order valence-electron chi connectivity index (χ0n) is 17.6. The van der Waals surface area contributed by atoms with E-state index in [1.54, 1.807) is 6.07 Å². The fourth-order valence-corrected chi connectivity index (χ4v) is 4.84. The second-order valence-corrected chi connectivity index (χ2v) is 9.38. The van der Waals surface area contributed by atoms with Crippen LogP contribution in [-0.2, 0) is 9.59 Å². The van der Waals surface area contributed by atoms with Crippen molar-refractivity contribution in [1.82, 2.24) is 9.80 Å². The van der Waals surface area contributed by atoms with Crippen molar-refractivity contribution in [2.24, 2.45) is 17.8 Å². The summed E-state index contributed by atoms with van der Waals surface area (Å²) >= 11 is 5.99. The van der Waals surface area contributed by atoms with E-state index in [4.69, 9.17) is 11.6 Å². The Kier molecular flexibility index (Phi) is 6.65. The Bertz CT molecular complexity index is 844. The SMILES string of the molecule is O=C(C1CC1)N1CCN(C(=O)[C@H]2CC[C@H](CNc3cc(Cl)ccc3[N+](=O)[O-])CC2)CC1. The summed E-state index contributed by atoms with van der Waals surface area (Å²) in [6.07, 6.45) is 5.53. The first-order chi connectivity index (χ1) is 14.9. The summed E-state index contributed by atoms with van der Waals surface area (Å²) in [5.41, 5.74) is 0.460. The molecular weight excluding hydrogens is 420 g/mol. The second kappa shape index (κ2) is 9.42. The van der Waals surface area contributed by atoms with Crippen LogP contribution in [0.15, 0.2) is 18.2 Å². The van der Waals surface area contributed by atoms with Crippen molar-refractivity contribution in [3.05, 3.63) is 33.3 Å². The Morgan fingerprint density at radius 1 is 0.968 bits per heavy atom. The van der Waals surface area contributed by atoms with Crippen LogP contribution in [0.2, 0.25) is 5.02 Å². The first-order valence-electron chi connectivity index (χ1n) is 11.2. The molecule has 1 N–H and O–H groups in total. The van der Waals surface area contributed by atoms with Crippen molar-refractivity contribution in [1.29, 1.82) is 0 Å². The zero-order chi connectivity index (χ0) is 22.0. The third kappa shape index (κ3) is 5.29. The predicted octanol–water partition coefficient (Wildman–Crippen LogP) is 3.55. The molecule has 0 atom stereocenters. The monoisotopic (exact) mass is 448 g/mol. The maximum Gasteiger partial charge on any atom is 0.292 e. The minimum absolute atomic E-state index is 0.0209. The van der Waals surface area contributed by atoms with Crippen LogP contribution >= 0.6 is 11.6 Å². The number of anilines is 1. The molecule has 2 aliphatic carbocycles. The third-order valence-electron chi connectivity index (χ3n) is 6.76. The summed E-state index contributed by atoms with van der Waals surface area (Å²) in [5.74, 6) is 1.13. The Morgan fingerprint density at radius 3 is 1.97 bits per heavy atom. The lowest BCUT2D eigenvalue weighted by Gasteiger charge is -2.38. The molecule has 1 heterocycles. The molecule has 31 heavy (non-hydrogen) atoms. The first kappa shape index (κ1) is 21.9. The molecule has 0 bridgehead atoms. The number of hydrogen-bond acceptors (Lipinski definition) is 5. The number of nitrogens with one attached hydrogen (secondary N) is 1. The molecular formula is C22H29ClN4O4. The quantitative estimate of drug-likeness (QED) is 0.530. The molecule has 8 nitrogen and oxygen atoms in total. The Labute approximate surface area is 187 Å². The van der Waals surface area contributed by atoms with E-state index in [1.165, 1.54) is 12.1 Å². The highest BCUT2D eigenvalue weighted by atomic mass is 35.5. The number of nitro benzene ring substituents is 1. The van der Waals surface area contributed by atoms with E-state index < -0.39 is 4.92 Å². The Hall–Kier alpha value is -2.35. The second-order valence-electron chi connectivity index (χ2n) is 8.94. The largest absolute Gasteiger partial charge is 0.379 e. The lowest BCUT2D eigenvalue weighted by Crippen LogP contribution is -2.52. The minimum atomic E-state index is -0.411. The van der Waals surface area contributed by atoms with Gasteiger partial charge in [-0.25, -0.2) is 0 Å². The van der Waals surface area contributed by atoms with Gasteiger partial charge in [-0.1, -0.05) is 11.6 Å². The van der Waals surface area contributed by atoms with Crippen LogP contribution in [0.25, 0.3) is 0 Å². The number of amides is 2. The molecule has 168 valence electrons. The summed E-state index contributed by atoms with van der Waals surface area (Å²) in [4.78, 5) is 39.8. The van der Waals surface area contributed by atoms with Crippen LogP contribution in [-0.4, -0.2) is 59.3 Å². The summed E-state index contributed by atoms with van der Waals surface area (Å²) in [6, 6.07) is 4.52. The molecule has 0 spiro atoms. The molecule has 0 radical (unpaired) electrons. The number of rotatable bonds is 6. The van der Waals surface area contributed by atoms with Crippen molar-refractivity contribution in [3.8, 4) is 0 Å². The third-order valence-corrected chi connectivity index (χ3v) is 7.00. The number of hydrogen-bond donors (Lipinski definition) is 1. The smallest absolute Gasteiger partial charge is 0.292 e. The van der Waals surface area contributed by atoms with Gasteiger partial charge in [-0.2, -0.15) is 0 Å². The van der Waals surface area contributed by atoms with Crippen molar-refractivity contribution in [2.45, 2.75) is 38.5 Å². The van der Waals surface area contributed by atoms with E-state index in [2.05, 4.69) is 5.32 Å². The minimum Gasteiger partial charge on any atom is -0.379 e. The maximum atomic E-state index is 12.9. The van der Waals surface area contributed by atoms with Gasteiger partial charge < -0.3 is 15.1 Å². The highest BCUT2D eigenvalue weighted by Gasteiger charge is 2.36. The molecule has 4 rings (SSSR count). The van der Waals surface area contributed by atoms with Gasteiger partial charge in [0.15, 0.2) is 0 Å². The summed E-state index contributed by atoms with van der Waals surface area (Å²) in [5, 5.41) is 14.8. The highest BCUT2D eigenvalue weighted by Crippen LogP contribution is 2.34. The lowest BCUT2D eigenvalue weighted by molar-refractivity contribution is -0.384. The first-order valence-corrected chi connectivity index (χ1v) is 11.6. The standard InChI is InChI=1S/C22H29ClN4O4/c23-18-7-8-20(27(30)31)19(13-18)24-14-15-1-3-16(4-2-15)21(28)25-9-11-26(12-10-25)22(29)17-5-6-17/h7-8,13,15-17,24H,1-6,9-12,14H2/t15-,16-. The van der Waals surface area contributed by atoms with Gasteiger partial charge in [0.05, 0.1) is 4.92 Å². The molecule has 9 heteroatoms.